The molecule has 2 heteroatoms. The van der Waals surface area contributed by atoms with Crippen LogP contribution in [0.2, 0.25) is 0 Å². The lowest BCUT2D eigenvalue weighted by Gasteiger charge is -2.43. The van der Waals surface area contributed by atoms with Crippen molar-refractivity contribution in [1.29, 1.82) is 0 Å². The Morgan fingerprint density at radius 1 is 1.28 bits per heavy atom. The summed E-state index contributed by atoms with van der Waals surface area (Å²) < 4.78 is 0. The van der Waals surface area contributed by atoms with E-state index in [1.807, 2.05) is 0 Å². The molecule has 0 aromatic rings. The zero-order valence-corrected chi connectivity index (χ0v) is 12.8. The van der Waals surface area contributed by atoms with E-state index < -0.39 is 0 Å². The number of hydrogen-bond acceptors (Lipinski definition) is 2. The molecule has 0 bridgehead atoms. The number of piperazine rings is 1. The summed E-state index contributed by atoms with van der Waals surface area (Å²) in [6.45, 7) is 13.3. The molecule has 1 aliphatic carbocycles. The van der Waals surface area contributed by atoms with Gasteiger partial charge in [-0.15, -0.1) is 0 Å². The number of nitrogens with zero attached hydrogens (tertiary/aromatic N) is 1. The monoisotopic (exact) mass is 252 g/mol. The summed E-state index contributed by atoms with van der Waals surface area (Å²) in [6, 6.07) is 1.47. The first-order valence-electron chi connectivity index (χ1n) is 8.09. The highest BCUT2D eigenvalue weighted by Gasteiger charge is 2.32. The molecule has 1 N–H and O–H groups in total. The van der Waals surface area contributed by atoms with Gasteiger partial charge in [-0.2, -0.15) is 0 Å². The third-order valence-electron chi connectivity index (χ3n) is 5.35. The van der Waals surface area contributed by atoms with Crippen molar-refractivity contribution in [1.82, 2.24) is 10.2 Å². The van der Waals surface area contributed by atoms with Crippen LogP contribution in [0.5, 0.6) is 0 Å². The minimum absolute atomic E-state index is 0.699. The van der Waals surface area contributed by atoms with Gasteiger partial charge >= 0.3 is 0 Å². The van der Waals surface area contributed by atoms with E-state index in [1.54, 1.807) is 0 Å². The van der Waals surface area contributed by atoms with Gasteiger partial charge in [0, 0.05) is 31.7 Å². The third-order valence-corrected chi connectivity index (χ3v) is 5.35. The van der Waals surface area contributed by atoms with Crippen molar-refractivity contribution in [3.05, 3.63) is 0 Å². The van der Waals surface area contributed by atoms with Gasteiger partial charge < -0.3 is 5.32 Å². The molecular formula is C16H32N2. The highest BCUT2D eigenvalue weighted by molar-refractivity contribution is 4.89. The van der Waals surface area contributed by atoms with E-state index in [9.17, 15) is 0 Å². The average Bonchev–Trinajstić information content (AvgIpc) is 2.75. The molecule has 0 amide bonds. The average molecular weight is 252 g/mol. The van der Waals surface area contributed by atoms with E-state index >= 15 is 0 Å². The Morgan fingerprint density at radius 2 is 2.06 bits per heavy atom. The smallest absolute Gasteiger partial charge is 0.0218 e. The van der Waals surface area contributed by atoms with Crippen molar-refractivity contribution >= 4 is 0 Å². The number of nitrogens with one attached hydrogen (secondary N) is 1. The van der Waals surface area contributed by atoms with Gasteiger partial charge in [0.05, 0.1) is 0 Å². The first kappa shape index (κ1) is 14.3. The SMILES string of the molecule is CCC1CNC(C(C)C)CN1CC1CCCC1C. The Morgan fingerprint density at radius 3 is 2.61 bits per heavy atom. The quantitative estimate of drug-likeness (QED) is 0.827. The first-order chi connectivity index (χ1) is 8.61. The molecule has 18 heavy (non-hydrogen) atoms. The van der Waals surface area contributed by atoms with Crippen molar-refractivity contribution in [2.75, 3.05) is 19.6 Å². The number of rotatable bonds is 4. The van der Waals surface area contributed by atoms with Crippen molar-refractivity contribution in [3.8, 4) is 0 Å². The van der Waals surface area contributed by atoms with Crippen LogP contribution in [-0.2, 0) is 0 Å². The Bertz CT molecular complexity index is 251. The predicted octanol–water partition coefficient (Wildman–Crippen LogP) is 3.13. The van der Waals surface area contributed by atoms with Gasteiger partial charge in [-0.05, 0) is 30.6 Å². The fourth-order valence-corrected chi connectivity index (χ4v) is 3.75. The second-order valence-corrected chi connectivity index (χ2v) is 6.94. The summed E-state index contributed by atoms with van der Waals surface area (Å²) >= 11 is 0. The molecule has 4 unspecified atom stereocenters. The second kappa shape index (κ2) is 6.38. The van der Waals surface area contributed by atoms with Gasteiger partial charge in [0.1, 0.15) is 0 Å². The molecular weight excluding hydrogens is 220 g/mol. The van der Waals surface area contributed by atoms with E-state index in [0.717, 1.165) is 23.8 Å². The predicted molar refractivity (Wildman–Crippen MR) is 78.8 cm³/mol. The van der Waals surface area contributed by atoms with Crippen LogP contribution >= 0.6 is 0 Å². The molecule has 1 aliphatic heterocycles. The van der Waals surface area contributed by atoms with E-state index in [1.165, 1.54) is 45.3 Å². The van der Waals surface area contributed by atoms with E-state index in [4.69, 9.17) is 0 Å². The van der Waals surface area contributed by atoms with Crippen LogP contribution in [0.25, 0.3) is 0 Å². The van der Waals surface area contributed by atoms with Crippen LogP contribution in [0, 0.1) is 17.8 Å². The van der Waals surface area contributed by atoms with Crippen LogP contribution in [0.15, 0.2) is 0 Å². The van der Waals surface area contributed by atoms with Crippen LogP contribution in [0.3, 0.4) is 0 Å². The number of hydrogen-bond donors (Lipinski definition) is 1. The van der Waals surface area contributed by atoms with Crippen LogP contribution < -0.4 is 5.32 Å². The highest BCUT2D eigenvalue weighted by Crippen LogP contribution is 2.32. The van der Waals surface area contributed by atoms with Gasteiger partial charge in [0.15, 0.2) is 0 Å². The van der Waals surface area contributed by atoms with Crippen molar-refractivity contribution in [2.24, 2.45) is 17.8 Å². The first-order valence-corrected chi connectivity index (χ1v) is 8.09. The molecule has 1 heterocycles. The maximum atomic E-state index is 3.74. The molecule has 2 nitrogen and oxygen atoms in total. The molecule has 2 fully saturated rings. The fraction of sp³-hybridized carbons (Fsp3) is 1.00. The topological polar surface area (TPSA) is 15.3 Å². The van der Waals surface area contributed by atoms with Crippen molar-refractivity contribution in [2.45, 2.75) is 65.5 Å². The summed E-state index contributed by atoms with van der Waals surface area (Å²) in [6.07, 6.45) is 5.68. The zero-order chi connectivity index (χ0) is 13.1. The summed E-state index contributed by atoms with van der Waals surface area (Å²) in [5.41, 5.74) is 0. The van der Waals surface area contributed by atoms with Crippen molar-refractivity contribution in [3.63, 3.8) is 0 Å². The molecule has 4 atom stereocenters. The Balaban J connectivity index is 1.93. The molecule has 0 spiro atoms. The molecule has 2 aliphatic rings. The maximum Gasteiger partial charge on any atom is 0.0218 e. The Labute approximate surface area is 114 Å². The zero-order valence-electron chi connectivity index (χ0n) is 12.8. The van der Waals surface area contributed by atoms with Gasteiger partial charge in [0.2, 0.25) is 0 Å². The van der Waals surface area contributed by atoms with Crippen LogP contribution in [0.1, 0.15) is 53.4 Å². The molecule has 106 valence electrons. The summed E-state index contributed by atoms with van der Waals surface area (Å²) in [5.74, 6) is 2.67. The lowest BCUT2D eigenvalue weighted by molar-refractivity contribution is 0.0865. The van der Waals surface area contributed by atoms with Gasteiger partial charge in [-0.25, -0.2) is 0 Å². The van der Waals surface area contributed by atoms with Crippen molar-refractivity contribution < 1.29 is 0 Å². The Hall–Kier alpha value is -0.0800. The molecule has 0 aromatic carbocycles. The largest absolute Gasteiger partial charge is 0.311 e. The molecule has 1 saturated carbocycles. The Kier molecular flexibility index (Phi) is 5.08. The van der Waals surface area contributed by atoms with Gasteiger partial charge in [-0.3, -0.25) is 4.90 Å². The highest BCUT2D eigenvalue weighted by atomic mass is 15.2. The third kappa shape index (κ3) is 3.27. The molecule has 2 rings (SSSR count). The summed E-state index contributed by atoms with van der Waals surface area (Å²) in [4.78, 5) is 2.80. The van der Waals surface area contributed by atoms with Crippen LogP contribution in [-0.4, -0.2) is 36.6 Å². The minimum atomic E-state index is 0.699. The van der Waals surface area contributed by atoms with Crippen LogP contribution in [0.4, 0.5) is 0 Å². The normalized spacial score (nSPS) is 38.5. The van der Waals surface area contributed by atoms with E-state index in [0.29, 0.717) is 6.04 Å². The fourth-order valence-electron chi connectivity index (χ4n) is 3.75. The maximum absolute atomic E-state index is 3.74. The second-order valence-electron chi connectivity index (χ2n) is 6.94. The van der Waals surface area contributed by atoms with Gasteiger partial charge in [0.25, 0.3) is 0 Å². The van der Waals surface area contributed by atoms with Gasteiger partial charge in [-0.1, -0.05) is 40.5 Å². The molecule has 0 aromatic heterocycles. The molecule has 1 saturated heterocycles. The minimum Gasteiger partial charge on any atom is -0.311 e. The summed E-state index contributed by atoms with van der Waals surface area (Å²) in [5, 5.41) is 3.74. The molecule has 0 radical (unpaired) electrons. The lowest BCUT2D eigenvalue weighted by atomic mass is 9.93. The van der Waals surface area contributed by atoms with E-state index in [-0.39, 0.29) is 0 Å². The standard InChI is InChI=1S/C16H32N2/c1-5-15-9-17-16(12(2)3)11-18(15)10-14-8-6-7-13(14)4/h12-17H,5-11H2,1-4H3. The van der Waals surface area contributed by atoms with E-state index in [2.05, 4.69) is 37.9 Å². The lowest BCUT2D eigenvalue weighted by Crippen LogP contribution is -2.58. The summed E-state index contributed by atoms with van der Waals surface area (Å²) in [7, 11) is 0.